The number of rotatable bonds is 3. The van der Waals surface area contributed by atoms with Crippen molar-refractivity contribution in [3.8, 4) is 0 Å². The fourth-order valence-electron chi connectivity index (χ4n) is 2.24. The van der Waals surface area contributed by atoms with Crippen molar-refractivity contribution in [2.24, 2.45) is 0 Å². The van der Waals surface area contributed by atoms with E-state index >= 15 is 0 Å². The second-order valence-electron chi connectivity index (χ2n) is 5.13. The number of amides is 1. The number of hydrogen-bond acceptors (Lipinski definition) is 4. The van der Waals surface area contributed by atoms with Crippen LogP contribution in [0.2, 0.25) is 0 Å². The van der Waals surface area contributed by atoms with Gasteiger partial charge in [0.25, 0.3) is 0 Å². The molecule has 19 heavy (non-hydrogen) atoms. The molecule has 1 fully saturated rings. The van der Waals surface area contributed by atoms with E-state index in [2.05, 4.69) is 22.2 Å². The number of piperazine rings is 1. The third-order valence-electron chi connectivity index (χ3n) is 3.62. The molecule has 1 saturated heterocycles. The fraction of sp³-hybridized carbons (Fsp3) is 0.500. The molecule has 1 heterocycles. The van der Waals surface area contributed by atoms with E-state index in [0.717, 1.165) is 31.9 Å². The van der Waals surface area contributed by atoms with Crippen LogP contribution >= 0.6 is 0 Å². The number of anilines is 2. The van der Waals surface area contributed by atoms with Gasteiger partial charge in [-0.05, 0) is 32.2 Å². The number of nitrogens with one attached hydrogen (secondary N) is 1. The summed E-state index contributed by atoms with van der Waals surface area (Å²) in [6, 6.07) is 7.15. The van der Waals surface area contributed by atoms with Crippen LogP contribution in [0.15, 0.2) is 24.3 Å². The maximum atomic E-state index is 12.2. The Bertz CT molecular complexity index is 441. The summed E-state index contributed by atoms with van der Waals surface area (Å²) in [5, 5.41) is 2.92. The van der Waals surface area contributed by atoms with E-state index in [0.29, 0.717) is 5.69 Å². The molecule has 1 atom stereocenters. The number of nitrogens with zero attached hydrogens (tertiary/aromatic N) is 2. The molecule has 1 aromatic carbocycles. The zero-order valence-electron chi connectivity index (χ0n) is 11.6. The van der Waals surface area contributed by atoms with E-state index in [1.165, 1.54) is 0 Å². The molecule has 104 valence electrons. The van der Waals surface area contributed by atoms with E-state index in [1.54, 1.807) is 12.1 Å². The Morgan fingerprint density at radius 2 is 2.00 bits per heavy atom. The second kappa shape index (κ2) is 6.04. The van der Waals surface area contributed by atoms with Crippen LogP contribution in [0.3, 0.4) is 0 Å². The molecule has 1 aliphatic heterocycles. The Morgan fingerprint density at radius 1 is 1.32 bits per heavy atom. The topological polar surface area (TPSA) is 61.6 Å². The van der Waals surface area contributed by atoms with Crippen LogP contribution in [0.4, 0.5) is 11.4 Å². The zero-order valence-corrected chi connectivity index (χ0v) is 11.6. The number of carbonyl (C=O) groups excluding carboxylic acids is 1. The van der Waals surface area contributed by atoms with Crippen molar-refractivity contribution in [2.45, 2.75) is 13.0 Å². The first kappa shape index (κ1) is 13.8. The molecular weight excluding hydrogens is 240 g/mol. The standard InChI is InChI=1S/C14H22N4O/c1-11(18-8-6-17(2)7-9-18)14(19)16-13-5-3-4-12(15)10-13/h3-5,10-11H,6-9,15H2,1-2H3,(H,16,19). The maximum Gasteiger partial charge on any atom is 0.241 e. The molecule has 1 unspecified atom stereocenters. The van der Waals surface area contributed by atoms with Crippen molar-refractivity contribution in [2.75, 3.05) is 44.3 Å². The van der Waals surface area contributed by atoms with Gasteiger partial charge in [0.1, 0.15) is 0 Å². The smallest absolute Gasteiger partial charge is 0.241 e. The first-order valence-electron chi connectivity index (χ1n) is 6.65. The van der Waals surface area contributed by atoms with E-state index in [-0.39, 0.29) is 11.9 Å². The normalized spacial score (nSPS) is 19.1. The highest BCUT2D eigenvalue weighted by Gasteiger charge is 2.24. The lowest BCUT2D eigenvalue weighted by Crippen LogP contribution is -2.51. The molecule has 3 N–H and O–H groups in total. The maximum absolute atomic E-state index is 12.2. The van der Waals surface area contributed by atoms with Crippen LogP contribution < -0.4 is 11.1 Å². The van der Waals surface area contributed by atoms with Gasteiger partial charge in [-0.2, -0.15) is 0 Å². The number of nitrogens with two attached hydrogens (primary N) is 1. The first-order chi connectivity index (χ1) is 9.06. The van der Waals surface area contributed by atoms with Gasteiger partial charge >= 0.3 is 0 Å². The Labute approximate surface area is 114 Å². The predicted octanol–water partition coefficient (Wildman–Crippen LogP) is 0.843. The van der Waals surface area contributed by atoms with Crippen molar-refractivity contribution < 1.29 is 4.79 Å². The molecule has 1 aliphatic rings. The molecule has 0 bridgehead atoms. The molecule has 5 heteroatoms. The summed E-state index contributed by atoms with van der Waals surface area (Å²) in [6.07, 6.45) is 0. The quantitative estimate of drug-likeness (QED) is 0.793. The van der Waals surface area contributed by atoms with Crippen molar-refractivity contribution in [3.05, 3.63) is 24.3 Å². The van der Waals surface area contributed by atoms with Crippen molar-refractivity contribution >= 4 is 17.3 Å². The Kier molecular flexibility index (Phi) is 4.39. The van der Waals surface area contributed by atoms with Gasteiger partial charge in [0, 0.05) is 37.6 Å². The van der Waals surface area contributed by atoms with Gasteiger partial charge < -0.3 is 16.0 Å². The van der Waals surface area contributed by atoms with Crippen LogP contribution in [0.5, 0.6) is 0 Å². The summed E-state index contributed by atoms with van der Waals surface area (Å²) in [6.45, 7) is 5.84. The largest absolute Gasteiger partial charge is 0.399 e. The highest BCUT2D eigenvalue weighted by molar-refractivity contribution is 5.94. The summed E-state index contributed by atoms with van der Waals surface area (Å²) in [5.41, 5.74) is 7.11. The van der Waals surface area contributed by atoms with Gasteiger partial charge in [-0.1, -0.05) is 6.07 Å². The van der Waals surface area contributed by atoms with Gasteiger partial charge in [0.2, 0.25) is 5.91 Å². The highest BCUT2D eigenvalue weighted by atomic mass is 16.2. The van der Waals surface area contributed by atoms with E-state index in [1.807, 2.05) is 19.1 Å². The van der Waals surface area contributed by atoms with Gasteiger partial charge in [-0.25, -0.2) is 0 Å². The van der Waals surface area contributed by atoms with Gasteiger partial charge in [-0.3, -0.25) is 9.69 Å². The van der Waals surface area contributed by atoms with Gasteiger partial charge in [0.05, 0.1) is 6.04 Å². The molecule has 1 aromatic rings. The summed E-state index contributed by atoms with van der Waals surface area (Å²) in [4.78, 5) is 16.7. The van der Waals surface area contributed by atoms with Crippen molar-refractivity contribution in [3.63, 3.8) is 0 Å². The molecular formula is C14H22N4O. The highest BCUT2D eigenvalue weighted by Crippen LogP contribution is 2.13. The van der Waals surface area contributed by atoms with Crippen LogP contribution in [-0.2, 0) is 4.79 Å². The monoisotopic (exact) mass is 262 g/mol. The number of hydrogen-bond donors (Lipinski definition) is 2. The second-order valence-corrected chi connectivity index (χ2v) is 5.13. The molecule has 1 amide bonds. The molecule has 0 aliphatic carbocycles. The minimum absolute atomic E-state index is 0.0233. The Morgan fingerprint density at radius 3 is 2.63 bits per heavy atom. The van der Waals surface area contributed by atoms with Crippen LogP contribution in [-0.4, -0.2) is 55.0 Å². The SMILES string of the molecule is CC(C(=O)Nc1cccc(N)c1)N1CCN(C)CC1. The molecule has 2 rings (SSSR count). The minimum atomic E-state index is -0.116. The van der Waals surface area contributed by atoms with Crippen LogP contribution in [0.25, 0.3) is 0 Å². The Balaban J connectivity index is 1.92. The van der Waals surface area contributed by atoms with E-state index in [9.17, 15) is 4.79 Å². The number of benzene rings is 1. The average Bonchev–Trinajstić information content (AvgIpc) is 2.39. The predicted molar refractivity (Wildman–Crippen MR) is 78.0 cm³/mol. The fourth-order valence-corrected chi connectivity index (χ4v) is 2.24. The average molecular weight is 262 g/mol. The van der Waals surface area contributed by atoms with Gasteiger partial charge in [0.15, 0.2) is 0 Å². The summed E-state index contributed by atoms with van der Waals surface area (Å²) < 4.78 is 0. The van der Waals surface area contributed by atoms with E-state index < -0.39 is 0 Å². The number of carbonyl (C=O) groups is 1. The first-order valence-corrected chi connectivity index (χ1v) is 6.65. The lowest BCUT2D eigenvalue weighted by Gasteiger charge is -2.35. The van der Waals surface area contributed by atoms with Crippen LogP contribution in [0.1, 0.15) is 6.92 Å². The third-order valence-corrected chi connectivity index (χ3v) is 3.62. The zero-order chi connectivity index (χ0) is 13.8. The lowest BCUT2D eigenvalue weighted by molar-refractivity contribution is -0.121. The Hall–Kier alpha value is -1.59. The molecule has 0 saturated carbocycles. The summed E-state index contributed by atoms with van der Waals surface area (Å²) >= 11 is 0. The molecule has 0 spiro atoms. The van der Waals surface area contributed by atoms with E-state index in [4.69, 9.17) is 5.73 Å². The van der Waals surface area contributed by atoms with Crippen LogP contribution in [0, 0.1) is 0 Å². The van der Waals surface area contributed by atoms with Gasteiger partial charge in [-0.15, -0.1) is 0 Å². The molecule has 0 aromatic heterocycles. The number of likely N-dealkylation sites (N-methyl/N-ethyl adjacent to an activating group) is 1. The van der Waals surface area contributed by atoms with Crippen molar-refractivity contribution in [1.29, 1.82) is 0 Å². The molecule has 5 nitrogen and oxygen atoms in total. The molecule has 0 radical (unpaired) electrons. The minimum Gasteiger partial charge on any atom is -0.399 e. The summed E-state index contributed by atoms with van der Waals surface area (Å²) in [7, 11) is 2.11. The number of nitrogen functional groups attached to an aromatic ring is 1. The lowest BCUT2D eigenvalue weighted by atomic mass is 10.2. The van der Waals surface area contributed by atoms with Crippen molar-refractivity contribution in [1.82, 2.24) is 9.80 Å². The summed E-state index contributed by atoms with van der Waals surface area (Å²) in [5.74, 6) is 0.0233. The third kappa shape index (κ3) is 3.68.